The Kier molecular flexibility index (Phi) is 4.88. The van der Waals surface area contributed by atoms with E-state index in [9.17, 15) is 9.50 Å². The lowest BCUT2D eigenvalue weighted by Gasteiger charge is -2.34. The van der Waals surface area contributed by atoms with Crippen molar-refractivity contribution < 1.29 is 14.2 Å². The molecular formula is C15H23FO2. The summed E-state index contributed by atoms with van der Waals surface area (Å²) in [6, 6.07) is 4.82. The normalized spacial score (nSPS) is 15.5. The molecule has 3 heteroatoms. The molecule has 0 saturated heterocycles. The van der Waals surface area contributed by atoms with Crippen LogP contribution in [-0.4, -0.2) is 17.8 Å². The molecule has 0 aromatic heterocycles. The van der Waals surface area contributed by atoms with Crippen molar-refractivity contribution in [1.29, 1.82) is 0 Å². The molecule has 0 aliphatic rings. The van der Waals surface area contributed by atoms with Gasteiger partial charge < -0.3 is 9.84 Å². The second-order valence-corrected chi connectivity index (χ2v) is 5.70. The van der Waals surface area contributed by atoms with Crippen molar-refractivity contribution in [2.24, 2.45) is 5.41 Å². The zero-order valence-electron chi connectivity index (χ0n) is 11.8. The molecule has 0 aliphatic heterocycles. The number of aliphatic hydroxyl groups is 1. The molecule has 0 bridgehead atoms. The molecular weight excluding hydrogens is 231 g/mol. The number of benzene rings is 1. The number of aliphatic hydroxyl groups excluding tert-OH is 1. The van der Waals surface area contributed by atoms with Crippen LogP contribution in [-0.2, 0) is 4.74 Å². The number of aryl methyl sites for hydroxylation is 1. The van der Waals surface area contributed by atoms with Gasteiger partial charge in [0.15, 0.2) is 0 Å². The summed E-state index contributed by atoms with van der Waals surface area (Å²) >= 11 is 0. The first-order valence-electron chi connectivity index (χ1n) is 6.33. The van der Waals surface area contributed by atoms with Crippen molar-refractivity contribution in [2.75, 3.05) is 6.61 Å². The van der Waals surface area contributed by atoms with E-state index in [-0.39, 0.29) is 17.3 Å². The zero-order valence-corrected chi connectivity index (χ0v) is 11.8. The van der Waals surface area contributed by atoms with Crippen molar-refractivity contribution >= 4 is 0 Å². The maximum Gasteiger partial charge on any atom is 0.126 e. The maximum atomic E-state index is 13.5. The first kappa shape index (κ1) is 15.1. The highest BCUT2D eigenvalue weighted by molar-refractivity contribution is 5.25. The van der Waals surface area contributed by atoms with Crippen LogP contribution in [0.3, 0.4) is 0 Å². The van der Waals surface area contributed by atoms with E-state index in [1.165, 1.54) is 6.07 Å². The fourth-order valence-corrected chi connectivity index (χ4v) is 1.96. The van der Waals surface area contributed by atoms with Crippen LogP contribution in [0.2, 0.25) is 0 Å². The largest absolute Gasteiger partial charge is 0.386 e. The van der Waals surface area contributed by atoms with Crippen LogP contribution in [0.15, 0.2) is 18.2 Å². The van der Waals surface area contributed by atoms with Gasteiger partial charge in [-0.25, -0.2) is 4.39 Å². The molecule has 1 rings (SSSR count). The summed E-state index contributed by atoms with van der Waals surface area (Å²) in [7, 11) is 0. The third kappa shape index (κ3) is 3.53. The Morgan fingerprint density at radius 3 is 2.39 bits per heavy atom. The Morgan fingerprint density at radius 2 is 1.94 bits per heavy atom. The smallest absolute Gasteiger partial charge is 0.126 e. The van der Waals surface area contributed by atoms with E-state index in [0.29, 0.717) is 17.7 Å². The highest BCUT2D eigenvalue weighted by atomic mass is 19.1. The zero-order chi connectivity index (χ0) is 13.9. The van der Waals surface area contributed by atoms with Gasteiger partial charge in [-0.15, -0.1) is 0 Å². The van der Waals surface area contributed by atoms with E-state index in [0.717, 1.165) is 0 Å². The van der Waals surface area contributed by atoms with Crippen LogP contribution < -0.4 is 0 Å². The van der Waals surface area contributed by atoms with Crippen LogP contribution >= 0.6 is 0 Å². The van der Waals surface area contributed by atoms with Crippen LogP contribution in [0.25, 0.3) is 0 Å². The second kappa shape index (κ2) is 5.81. The summed E-state index contributed by atoms with van der Waals surface area (Å²) in [6.07, 6.45) is -1.18. The molecule has 0 saturated carbocycles. The number of rotatable bonds is 4. The van der Waals surface area contributed by atoms with E-state index in [2.05, 4.69) is 0 Å². The standard InChI is InChI=1S/C15H23FO2/c1-6-18-14(15(3,4)5)13(17)11-8-7-10(2)12(16)9-11/h7-9,13-14,17H,6H2,1-5H3. The van der Waals surface area contributed by atoms with E-state index < -0.39 is 6.10 Å². The lowest BCUT2D eigenvalue weighted by Crippen LogP contribution is -2.35. The van der Waals surface area contributed by atoms with Crippen LogP contribution in [0.1, 0.15) is 44.9 Å². The van der Waals surface area contributed by atoms with E-state index >= 15 is 0 Å². The van der Waals surface area contributed by atoms with Gasteiger partial charge in [-0.3, -0.25) is 0 Å². The molecule has 2 nitrogen and oxygen atoms in total. The lowest BCUT2D eigenvalue weighted by atomic mass is 9.83. The Bertz CT molecular complexity index is 396. The summed E-state index contributed by atoms with van der Waals surface area (Å²) in [4.78, 5) is 0. The van der Waals surface area contributed by atoms with Gasteiger partial charge in [0.1, 0.15) is 11.9 Å². The molecule has 102 valence electrons. The third-order valence-corrected chi connectivity index (χ3v) is 3.02. The molecule has 1 N–H and O–H groups in total. The first-order valence-corrected chi connectivity index (χ1v) is 6.33. The highest BCUT2D eigenvalue weighted by Gasteiger charge is 2.32. The highest BCUT2D eigenvalue weighted by Crippen LogP contribution is 2.33. The van der Waals surface area contributed by atoms with Gasteiger partial charge in [0.25, 0.3) is 0 Å². The van der Waals surface area contributed by atoms with E-state index in [1.54, 1.807) is 19.1 Å². The summed E-state index contributed by atoms with van der Waals surface area (Å²) in [5, 5.41) is 10.4. The molecule has 0 radical (unpaired) electrons. The minimum Gasteiger partial charge on any atom is -0.386 e. The van der Waals surface area contributed by atoms with Crippen molar-refractivity contribution in [2.45, 2.75) is 46.8 Å². The van der Waals surface area contributed by atoms with Gasteiger partial charge in [0.05, 0.1) is 6.10 Å². The number of ether oxygens (including phenoxy) is 1. The summed E-state index contributed by atoms with van der Waals surface area (Å²) < 4.78 is 19.2. The minimum absolute atomic E-state index is 0.212. The number of hydrogen-bond donors (Lipinski definition) is 1. The van der Waals surface area contributed by atoms with Gasteiger partial charge >= 0.3 is 0 Å². The van der Waals surface area contributed by atoms with Gasteiger partial charge in [-0.05, 0) is 36.5 Å². The molecule has 0 fully saturated rings. The van der Waals surface area contributed by atoms with Gasteiger partial charge in [0, 0.05) is 6.61 Å². The summed E-state index contributed by atoms with van der Waals surface area (Å²) in [5.74, 6) is -0.296. The molecule has 0 aliphatic carbocycles. The molecule has 0 spiro atoms. The van der Waals surface area contributed by atoms with Gasteiger partial charge in [-0.2, -0.15) is 0 Å². The molecule has 1 aromatic rings. The fourth-order valence-electron chi connectivity index (χ4n) is 1.96. The van der Waals surface area contributed by atoms with Gasteiger partial charge in [-0.1, -0.05) is 32.9 Å². The first-order chi connectivity index (χ1) is 8.27. The Morgan fingerprint density at radius 1 is 1.33 bits per heavy atom. The predicted octanol–water partition coefficient (Wildman–Crippen LogP) is 3.62. The van der Waals surface area contributed by atoms with E-state index in [4.69, 9.17) is 4.74 Å². The number of halogens is 1. The molecule has 18 heavy (non-hydrogen) atoms. The van der Waals surface area contributed by atoms with Crippen LogP contribution in [0.4, 0.5) is 4.39 Å². The molecule has 0 heterocycles. The number of hydrogen-bond acceptors (Lipinski definition) is 2. The Hall–Kier alpha value is -0.930. The minimum atomic E-state index is -0.819. The molecule has 2 atom stereocenters. The van der Waals surface area contributed by atoms with Crippen molar-refractivity contribution in [1.82, 2.24) is 0 Å². The quantitative estimate of drug-likeness (QED) is 0.889. The van der Waals surface area contributed by atoms with Crippen molar-refractivity contribution in [3.63, 3.8) is 0 Å². The van der Waals surface area contributed by atoms with E-state index in [1.807, 2.05) is 27.7 Å². The molecule has 0 amide bonds. The maximum absolute atomic E-state index is 13.5. The average molecular weight is 254 g/mol. The van der Waals surface area contributed by atoms with Crippen LogP contribution in [0.5, 0.6) is 0 Å². The summed E-state index contributed by atoms with van der Waals surface area (Å²) in [6.45, 7) is 10.1. The van der Waals surface area contributed by atoms with Gasteiger partial charge in [0.2, 0.25) is 0 Å². The topological polar surface area (TPSA) is 29.5 Å². The monoisotopic (exact) mass is 254 g/mol. The molecule has 1 aromatic carbocycles. The fraction of sp³-hybridized carbons (Fsp3) is 0.600. The van der Waals surface area contributed by atoms with Crippen molar-refractivity contribution in [3.05, 3.63) is 35.1 Å². The third-order valence-electron chi connectivity index (χ3n) is 3.02. The average Bonchev–Trinajstić information content (AvgIpc) is 2.27. The van der Waals surface area contributed by atoms with Crippen LogP contribution in [0, 0.1) is 18.2 Å². The predicted molar refractivity (Wildman–Crippen MR) is 71.0 cm³/mol. The second-order valence-electron chi connectivity index (χ2n) is 5.70. The Balaban J connectivity index is 3.01. The Labute approximate surface area is 109 Å². The SMILES string of the molecule is CCOC(C(O)c1ccc(C)c(F)c1)C(C)(C)C. The summed E-state index contributed by atoms with van der Waals surface area (Å²) in [5.41, 5.74) is 0.928. The van der Waals surface area contributed by atoms with Crippen molar-refractivity contribution in [3.8, 4) is 0 Å². The molecule has 2 unspecified atom stereocenters. The lowest BCUT2D eigenvalue weighted by molar-refractivity contribution is -0.0899.